The summed E-state index contributed by atoms with van der Waals surface area (Å²) in [4.78, 5) is 11.9. The normalized spacial score (nSPS) is 21.4. The molecule has 0 saturated heterocycles. The van der Waals surface area contributed by atoms with Crippen LogP contribution in [0.2, 0.25) is 0 Å². The largest absolute Gasteiger partial charge is 0.463 e. The van der Waals surface area contributed by atoms with E-state index in [-0.39, 0.29) is 5.63 Å². The average molecular weight is 246 g/mol. The Morgan fingerprint density at radius 3 is 2.83 bits per heavy atom. The highest BCUT2D eigenvalue weighted by atomic mass is 16.6. The van der Waals surface area contributed by atoms with Crippen LogP contribution in [-0.2, 0) is 6.42 Å². The third-order valence-electron chi connectivity index (χ3n) is 3.39. The number of para-hydroxylation sites is 1. The first-order chi connectivity index (χ1) is 8.49. The number of benzene rings is 1. The van der Waals surface area contributed by atoms with Crippen LogP contribution in [0.15, 0.2) is 33.5 Å². The lowest BCUT2D eigenvalue weighted by Crippen LogP contribution is -2.41. The number of ether oxygens (including phenoxy) is 1. The van der Waals surface area contributed by atoms with Crippen molar-refractivity contribution >= 4 is 11.0 Å². The molecule has 1 unspecified atom stereocenters. The lowest BCUT2D eigenvalue weighted by molar-refractivity contribution is -0.111. The van der Waals surface area contributed by atoms with Crippen LogP contribution < -0.4 is 10.4 Å². The molecule has 4 nitrogen and oxygen atoms in total. The standard InChI is InChI=1S/C14H14O4/c1-14(2)7-9-11(18-13(14)16)8-5-3-4-6-10(8)17-12(9)15/h3-6,13,16H,7H2,1-2H3. The summed E-state index contributed by atoms with van der Waals surface area (Å²) in [6, 6.07) is 7.17. The highest BCUT2D eigenvalue weighted by molar-refractivity contribution is 5.84. The van der Waals surface area contributed by atoms with Crippen LogP contribution in [-0.4, -0.2) is 11.4 Å². The molecule has 0 amide bonds. The molecule has 4 heteroatoms. The second-order valence-corrected chi connectivity index (χ2v) is 5.33. The van der Waals surface area contributed by atoms with E-state index in [9.17, 15) is 9.90 Å². The van der Waals surface area contributed by atoms with Crippen LogP contribution in [0.3, 0.4) is 0 Å². The van der Waals surface area contributed by atoms with Crippen molar-refractivity contribution in [2.24, 2.45) is 5.41 Å². The summed E-state index contributed by atoms with van der Waals surface area (Å²) >= 11 is 0. The summed E-state index contributed by atoms with van der Waals surface area (Å²) in [5.74, 6) is 0.452. The minimum absolute atomic E-state index is 0.385. The van der Waals surface area contributed by atoms with Gasteiger partial charge >= 0.3 is 5.63 Å². The maximum atomic E-state index is 11.9. The fourth-order valence-corrected chi connectivity index (χ4v) is 2.26. The van der Waals surface area contributed by atoms with Crippen molar-refractivity contribution in [1.29, 1.82) is 0 Å². The van der Waals surface area contributed by atoms with E-state index in [0.29, 0.717) is 23.3 Å². The first-order valence-corrected chi connectivity index (χ1v) is 5.88. The van der Waals surface area contributed by atoms with Crippen LogP contribution in [0.1, 0.15) is 19.4 Å². The molecule has 0 radical (unpaired) electrons. The van der Waals surface area contributed by atoms with E-state index in [1.54, 1.807) is 12.1 Å². The molecule has 1 aromatic heterocycles. The third kappa shape index (κ3) is 1.53. The van der Waals surface area contributed by atoms with Crippen LogP contribution in [0.5, 0.6) is 5.75 Å². The van der Waals surface area contributed by atoms with Gasteiger partial charge in [0.15, 0.2) is 0 Å². The Hall–Kier alpha value is -1.81. The minimum Gasteiger partial charge on any atom is -0.463 e. The molecule has 0 fully saturated rings. The Kier molecular flexibility index (Phi) is 2.25. The fourth-order valence-electron chi connectivity index (χ4n) is 2.26. The number of hydrogen-bond donors (Lipinski definition) is 1. The topological polar surface area (TPSA) is 59.7 Å². The van der Waals surface area contributed by atoms with Crippen molar-refractivity contribution in [3.8, 4) is 5.75 Å². The van der Waals surface area contributed by atoms with E-state index in [4.69, 9.17) is 9.15 Å². The number of hydrogen-bond acceptors (Lipinski definition) is 4. The first-order valence-electron chi connectivity index (χ1n) is 5.88. The highest BCUT2D eigenvalue weighted by Crippen LogP contribution is 2.39. The molecule has 1 aliphatic heterocycles. The van der Waals surface area contributed by atoms with E-state index >= 15 is 0 Å². The van der Waals surface area contributed by atoms with Crippen molar-refractivity contribution in [2.45, 2.75) is 26.6 Å². The molecule has 0 aliphatic carbocycles. The smallest absolute Gasteiger partial charge is 0.343 e. The summed E-state index contributed by atoms with van der Waals surface area (Å²) in [7, 11) is 0. The molecule has 1 atom stereocenters. The van der Waals surface area contributed by atoms with Gasteiger partial charge in [0.2, 0.25) is 6.29 Å². The first kappa shape index (κ1) is 11.3. The van der Waals surface area contributed by atoms with Crippen LogP contribution in [0, 0.1) is 5.41 Å². The summed E-state index contributed by atoms with van der Waals surface area (Å²) in [6.45, 7) is 3.71. The average Bonchev–Trinajstić information content (AvgIpc) is 2.32. The van der Waals surface area contributed by atoms with Gasteiger partial charge in [0.1, 0.15) is 11.3 Å². The van der Waals surface area contributed by atoms with Crippen molar-refractivity contribution < 1.29 is 14.3 Å². The van der Waals surface area contributed by atoms with Gasteiger partial charge in [-0.1, -0.05) is 26.0 Å². The number of rotatable bonds is 0. The molecule has 1 aliphatic rings. The Labute approximate surface area is 104 Å². The molecular weight excluding hydrogens is 232 g/mol. The van der Waals surface area contributed by atoms with E-state index in [1.807, 2.05) is 26.0 Å². The molecule has 2 heterocycles. The molecule has 0 spiro atoms. The highest BCUT2D eigenvalue weighted by Gasteiger charge is 2.38. The molecule has 1 aromatic carbocycles. The molecule has 18 heavy (non-hydrogen) atoms. The Balaban J connectivity index is 2.33. The van der Waals surface area contributed by atoms with Gasteiger partial charge in [0.25, 0.3) is 0 Å². The quantitative estimate of drug-likeness (QED) is 0.723. The predicted octanol–water partition coefficient (Wildman–Crippen LogP) is 2.07. The lowest BCUT2D eigenvalue weighted by atomic mass is 9.83. The number of aliphatic hydroxyl groups excluding tert-OH is 1. The fraction of sp³-hybridized carbons (Fsp3) is 0.357. The van der Waals surface area contributed by atoms with Crippen molar-refractivity contribution in [1.82, 2.24) is 0 Å². The number of aliphatic hydroxyl groups is 1. The van der Waals surface area contributed by atoms with Crippen molar-refractivity contribution in [3.05, 3.63) is 40.2 Å². The van der Waals surface area contributed by atoms with Crippen LogP contribution in [0.4, 0.5) is 0 Å². The SMILES string of the molecule is CC1(C)Cc2c(c3ccccc3oc2=O)OC1O. The van der Waals surface area contributed by atoms with E-state index in [1.165, 1.54) is 0 Å². The number of fused-ring (bicyclic) bond motifs is 3. The van der Waals surface area contributed by atoms with Crippen molar-refractivity contribution in [2.75, 3.05) is 0 Å². The van der Waals surface area contributed by atoms with Gasteiger partial charge in [-0.25, -0.2) is 4.79 Å². The maximum Gasteiger partial charge on any atom is 0.343 e. The Morgan fingerprint density at radius 2 is 2.06 bits per heavy atom. The van der Waals surface area contributed by atoms with Crippen LogP contribution >= 0.6 is 0 Å². The predicted molar refractivity (Wildman–Crippen MR) is 66.6 cm³/mol. The third-order valence-corrected chi connectivity index (χ3v) is 3.39. The lowest BCUT2D eigenvalue weighted by Gasteiger charge is -2.35. The summed E-state index contributed by atoms with van der Waals surface area (Å²) in [5.41, 5.74) is 0.102. The summed E-state index contributed by atoms with van der Waals surface area (Å²) in [5, 5.41) is 10.7. The molecular formula is C14H14O4. The summed E-state index contributed by atoms with van der Waals surface area (Å²) in [6.07, 6.45) is -0.480. The molecule has 1 N–H and O–H groups in total. The van der Waals surface area contributed by atoms with Gasteiger partial charge in [-0.15, -0.1) is 0 Å². The van der Waals surface area contributed by atoms with Crippen LogP contribution in [0.25, 0.3) is 11.0 Å². The van der Waals surface area contributed by atoms with E-state index in [2.05, 4.69) is 0 Å². The van der Waals surface area contributed by atoms with Gasteiger partial charge in [-0.2, -0.15) is 0 Å². The second-order valence-electron chi connectivity index (χ2n) is 5.33. The maximum absolute atomic E-state index is 11.9. The second kappa shape index (κ2) is 3.59. The Bertz CT molecular complexity index is 669. The Morgan fingerprint density at radius 1 is 1.33 bits per heavy atom. The van der Waals surface area contributed by atoms with Gasteiger partial charge < -0.3 is 14.3 Å². The molecule has 0 bridgehead atoms. The van der Waals surface area contributed by atoms with Gasteiger partial charge in [-0.3, -0.25) is 0 Å². The van der Waals surface area contributed by atoms with Crippen molar-refractivity contribution in [3.63, 3.8) is 0 Å². The minimum atomic E-state index is -0.921. The zero-order valence-corrected chi connectivity index (χ0v) is 10.3. The van der Waals surface area contributed by atoms with E-state index in [0.717, 1.165) is 5.39 Å². The molecule has 2 aromatic rings. The monoisotopic (exact) mass is 246 g/mol. The van der Waals surface area contributed by atoms with E-state index < -0.39 is 11.7 Å². The molecule has 94 valence electrons. The zero-order valence-electron chi connectivity index (χ0n) is 10.3. The zero-order chi connectivity index (χ0) is 12.9. The molecule has 3 rings (SSSR count). The van der Waals surface area contributed by atoms with Gasteiger partial charge in [0.05, 0.1) is 10.9 Å². The van der Waals surface area contributed by atoms with Gasteiger partial charge in [-0.05, 0) is 18.6 Å². The van der Waals surface area contributed by atoms with Gasteiger partial charge in [0, 0.05) is 5.41 Å². The molecule has 0 saturated carbocycles. The summed E-state index contributed by atoms with van der Waals surface area (Å²) < 4.78 is 10.8.